The van der Waals surface area contributed by atoms with Gasteiger partial charge in [-0.1, -0.05) is 90.1 Å². The molecule has 312 valence electrons. The maximum atomic E-state index is 12.6. The summed E-state index contributed by atoms with van der Waals surface area (Å²) in [4.78, 5) is 17.2. The number of hydrogen-bond acceptors (Lipinski definition) is 6. The van der Waals surface area contributed by atoms with Crippen molar-refractivity contribution in [2.24, 2.45) is 0 Å². The van der Waals surface area contributed by atoms with Gasteiger partial charge in [0.1, 0.15) is 5.82 Å². The summed E-state index contributed by atoms with van der Waals surface area (Å²) in [6.45, 7) is 12.9. The summed E-state index contributed by atoms with van der Waals surface area (Å²) in [5.74, 6) is 1.21. The fourth-order valence-corrected chi connectivity index (χ4v) is 7.25. The molecule has 0 atom stereocenters. The van der Waals surface area contributed by atoms with Gasteiger partial charge in [0.05, 0.1) is 11.3 Å². The number of alkyl halides is 3. The van der Waals surface area contributed by atoms with Gasteiger partial charge in [-0.25, -0.2) is 4.98 Å². The summed E-state index contributed by atoms with van der Waals surface area (Å²) in [6, 6.07) is 29.6. The van der Waals surface area contributed by atoms with Gasteiger partial charge in [0.2, 0.25) is 0 Å². The minimum atomic E-state index is -4.31. The third-order valence-electron chi connectivity index (χ3n) is 10.4. The van der Waals surface area contributed by atoms with Crippen LogP contribution in [0.25, 0.3) is 32.9 Å². The van der Waals surface area contributed by atoms with Crippen LogP contribution in [0.3, 0.4) is 0 Å². The molecule has 3 aromatic heterocycles. The molecule has 0 aliphatic carbocycles. The number of halogens is 3. The molecule has 0 spiro atoms. The standard InChI is InChI=1S/C36H43N6.C13H7F3N.Pt/c1-23(2)27-18-31(24(3)4)35(32(19-27)25(5)6)28-16-29(39-21-40(8)33-12-10-14-37-26(33)7)20-30(17-28)42-22-41(9)34-13-11-15-38-36(34)42;14-13(15,16)8-5-6-12-10(7-8)9-3-1-2-4-11(9)17-12;/h10-19,21-25,39H,1-9H3;1-7H;/q-3;-1;+4/i8D3,9D3;;. The van der Waals surface area contributed by atoms with Crippen molar-refractivity contribution in [3.05, 3.63) is 151 Å². The van der Waals surface area contributed by atoms with Crippen LogP contribution in [0, 0.1) is 26.3 Å². The molecule has 60 heavy (non-hydrogen) atoms. The molecular weight excluding hydrogens is 939 g/mol. The maximum Gasteiger partial charge on any atom is 4.00 e. The number of anilines is 5. The second-order valence-corrected chi connectivity index (χ2v) is 15.5. The first-order valence-electron chi connectivity index (χ1n) is 22.5. The van der Waals surface area contributed by atoms with Crippen LogP contribution < -0.4 is 25.0 Å². The molecular formula is C49H50F3N7Pt. The molecule has 0 saturated carbocycles. The van der Waals surface area contributed by atoms with Crippen LogP contribution in [-0.4, -0.2) is 23.9 Å². The van der Waals surface area contributed by atoms with Crippen LogP contribution >= 0.6 is 0 Å². The van der Waals surface area contributed by atoms with E-state index in [1.165, 1.54) is 45.9 Å². The summed E-state index contributed by atoms with van der Waals surface area (Å²) in [5.41, 5.74) is 8.81. The molecule has 0 saturated heterocycles. The van der Waals surface area contributed by atoms with Gasteiger partial charge in [-0.3, -0.25) is 4.98 Å². The monoisotopic (exact) mass is 994 g/mol. The Bertz CT molecular complexity index is 2790. The zero-order valence-corrected chi connectivity index (χ0v) is 36.6. The van der Waals surface area contributed by atoms with Gasteiger partial charge in [-0.15, -0.1) is 46.2 Å². The Hall–Kier alpha value is -5.34. The number of fused-ring (bicyclic) bond motifs is 4. The number of rotatable bonds is 9. The Morgan fingerprint density at radius 2 is 1.53 bits per heavy atom. The first kappa shape index (κ1) is 36.5. The van der Waals surface area contributed by atoms with E-state index in [1.54, 1.807) is 66.7 Å². The van der Waals surface area contributed by atoms with Crippen molar-refractivity contribution >= 4 is 50.4 Å². The molecule has 11 heteroatoms. The molecule has 0 radical (unpaired) electrons. The SMILES string of the molecule is FC(F)(F)c1ccc2[n-]c3ccccc3c2c1.[2H]C([2H])([2H])N([CH-]Nc1[c-]c(N2[CH-]N(C([2H])([2H])[2H])c3cccnc32)cc(-c2c(C(C)C)cc(C(C)C)cc2C(C)C)c1)c1cccnc1C.[Pt+4]. The molecule has 1 N–H and O–H groups in total. The average molecular weight is 995 g/mol. The van der Waals surface area contributed by atoms with Gasteiger partial charge >= 0.3 is 27.2 Å². The van der Waals surface area contributed by atoms with Gasteiger partial charge < -0.3 is 25.0 Å². The third-order valence-corrected chi connectivity index (χ3v) is 10.4. The largest absolute Gasteiger partial charge is 4.00 e. The van der Waals surface area contributed by atoms with Crippen molar-refractivity contribution < 1.29 is 42.5 Å². The first-order chi connectivity index (χ1) is 30.5. The Morgan fingerprint density at radius 3 is 2.20 bits per heavy atom. The fraction of sp³-hybridized carbons (Fsp3) is 0.265. The number of aryl methyl sites for hydroxylation is 1. The van der Waals surface area contributed by atoms with Crippen molar-refractivity contribution in [2.45, 2.75) is 72.4 Å². The molecule has 7 aromatic rings. The van der Waals surface area contributed by atoms with Crippen molar-refractivity contribution in [2.75, 3.05) is 34.0 Å². The summed E-state index contributed by atoms with van der Waals surface area (Å²) in [7, 11) is 0. The van der Waals surface area contributed by atoms with Crippen molar-refractivity contribution in [3.63, 3.8) is 0 Å². The molecule has 8 rings (SSSR count). The molecule has 7 nitrogen and oxygen atoms in total. The van der Waals surface area contributed by atoms with Crippen LogP contribution in [0.15, 0.2) is 103 Å². The number of aromatic nitrogens is 3. The summed E-state index contributed by atoms with van der Waals surface area (Å²) in [5, 5.41) is 4.52. The van der Waals surface area contributed by atoms with E-state index in [-0.39, 0.29) is 32.9 Å². The zero-order chi connectivity index (χ0) is 47.2. The van der Waals surface area contributed by atoms with Gasteiger partial charge in [-0.05, 0) is 102 Å². The molecule has 0 bridgehead atoms. The van der Waals surface area contributed by atoms with E-state index in [2.05, 4.69) is 80.0 Å². The maximum absolute atomic E-state index is 12.6. The van der Waals surface area contributed by atoms with E-state index in [4.69, 9.17) is 8.22 Å². The number of nitrogens with one attached hydrogen (secondary N) is 1. The van der Waals surface area contributed by atoms with Crippen LogP contribution in [0.2, 0.25) is 0 Å². The van der Waals surface area contributed by atoms with E-state index in [0.717, 1.165) is 34.2 Å². The predicted octanol–water partition coefficient (Wildman–Crippen LogP) is 13.0. The second-order valence-electron chi connectivity index (χ2n) is 15.5. The second kappa shape index (κ2) is 18.1. The minimum Gasteiger partial charge on any atom is -0.657 e. The van der Waals surface area contributed by atoms with Gasteiger partial charge in [0, 0.05) is 32.0 Å². The molecule has 4 heterocycles. The smallest absolute Gasteiger partial charge is 0.657 e. The average Bonchev–Trinajstić information content (AvgIpc) is 3.82. The van der Waals surface area contributed by atoms with Crippen molar-refractivity contribution in [1.82, 2.24) is 15.0 Å². The topological polar surface area (TPSA) is 61.6 Å². The van der Waals surface area contributed by atoms with E-state index < -0.39 is 25.7 Å². The number of nitrogens with zero attached hydrogens (tertiary/aromatic N) is 6. The summed E-state index contributed by atoms with van der Waals surface area (Å²) >= 11 is 0. The Kier molecular flexibility index (Phi) is 11.0. The summed E-state index contributed by atoms with van der Waals surface area (Å²) < 4.78 is 87.2. The number of pyridine rings is 2. The molecule has 0 unspecified atom stereocenters. The molecule has 1 aliphatic rings. The first-order valence-corrected chi connectivity index (χ1v) is 19.5. The van der Waals surface area contributed by atoms with E-state index in [9.17, 15) is 13.2 Å². The van der Waals surface area contributed by atoms with Gasteiger partial charge in [0.25, 0.3) is 0 Å². The molecule has 4 aromatic carbocycles. The zero-order valence-electron chi connectivity index (χ0n) is 40.3. The molecule has 0 amide bonds. The quantitative estimate of drug-likeness (QED) is 0.145. The minimum absolute atomic E-state index is 0. The van der Waals surface area contributed by atoms with Crippen molar-refractivity contribution in [3.8, 4) is 11.1 Å². The Morgan fingerprint density at radius 1 is 0.833 bits per heavy atom. The molecule has 1 aliphatic heterocycles. The van der Waals surface area contributed by atoms with E-state index in [1.807, 2.05) is 18.2 Å². The third kappa shape index (κ3) is 9.19. The van der Waals surface area contributed by atoms with Gasteiger partial charge in [0.15, 0.2) is 0 Å². The number of para-hydroxylation sites is 1. The molecule has 0 fully saturated rings. The summed E-state index contributed by atoms with van der Waals surface area (Å²) in [6.07, 6.45) is -1.06. The van der Waals surface area contributed by atoms with Crippen LogP contribution in [0.1, 0.15) is 95.5 Å². The number of hydrogen-bond donors (Lipinski definition) is 1. The normalized spacial score (nSPS) is 14.5. The van der Waals surface area contributed by atoms with Gasteiger partial charge in [-0.2, -0.15) is 26.5 Å². The van der Waals surface area contributed by atoms with E-state index in [0.29, 0.717) is 51.1 Å². The van der Waals surface area contributed by atoms with Crippen LogP contribution in [-0.2, 0) is 27.2 Å². The van der Waals surface area contributed by atoms with Crippen molar-refractivity contribution in [1.29, 1.82) is 0 Å². The predicted molar refractivity (Wildman–Crippen MR) is 237 cm³/mol. The number of benzene rings is 4. The van der Waals surface area contributed by atoms with Crippen LogP contribution in [0.4, 0.5) is 41.7 Å². The Balaban J connectivity index is 0.000000332. The van der Waals surface area contributed by atoms with Crippen LogP contribution in [0.5, 0.6) is 0 Å². The van der Waals surface area contributed by atoms with E-state index >= 15 is 0 Å². The fourth-order valence-electron chi connectivity index (χ4n) is 7.25. The Labute approximate surface area is 374 Å².